The molecule has 18 heavy (non-hydrogen) atoms. The van der Waals surface area contributed by atoms with E-state index >= 15 is 0 Å². The van der Waals surface area contributed by atoms with Gasteiger partial charge >= 0.3 is 0 Å². The second-order valence-electron chi connectivity index (χ2n) is 5.44. The van der Waals surface area contributed by atoms with Crippen LogP contribution in [0.15, 0.2) is 35.9 Å². The zero-order chi connectivity index (χ0) is 12.4. The Hall–Kier alpha value is -1.28. The second-order valence-corrected chi connectivity index (χ2v) is 5.44. The average molecular weight is 243 g/mol. The maximum atomic E-state index is 5.96. The van der Waals surface area contributed by atoms with E-state index in [1.165, 1.54) is 18.4 Å². The molecule has 1 aliphatic carbocycles. The van der Waals surface area contributed by atoms with Crippen LogP contribution in [0.3, 0.4) is 0 Å². The van der Waals surface area contributed by atoms with E-state index in [0.717, 1.165) is 31.6 Å². The molecule has 0 radical (unpaired) electrons. The molecular formula is C16H21NO. The minimum atomic E-state index is 0.420. The summed E-state index contributed by atoms with van der Waals surface area (Å²) in [5, 5.41) is 0. The number of allylic oxidation sites excluding steroid dienone is 2. The molecular weight excluding hydrogens is 222 g/mol. The summed E-state index contributed by atoms with van der Waals surface area (Å²) in [5.41, 5.74) is 8.91. The van der Waals surface area contributed by atoms with Gasteiger partial charge in [-0.05, 0) is 38.2 Å². The first kappa shape index (κ1) is 11.8. The zero-order valence-corrected chi connectivity index (χ0v) is 10.8. The molecule has 2 aliphatic rings. The number of fused-ring (bicyclic) bond motifs is 1. The lowest BCUT2D eigenvalue weighted by molar-refractivity contribution is 0.278. The van der Waals surface area contributed by atoms with Gasteiger partial charge in [0.15, 0.2) is 0 Å². The van der Waals surface area contributed by atoms with Gasteiger partial charge in [-0.1, -0.05) is 29.8 Å². The number of benzene rings is 1. The second kappa shape index (κ2) is 5.15. The molecule has 1 heterocycles. The third-order valence-electron chi connectivity index (χ3n) is 4.11. The summed E-state index contributed by atoms with van der Waals surface area (Å²) in [6.45, 7) is 0.838. The number of rotatable bonds is 1. The molecule has 1 saturated carbocycles. The molecule has 1 aliphatic heterocycles. The van der Waals surface area contributed by atoms with Crippen LogP contribution in [0.25, 0.3) is 0 Å². The molecule has 2 heteroatoms. The Bertz CT molecular complexity index is 442. The first-order valence-corrected chi connectivity index (χ1v) is 7.00. The van der Waals surface area contributed by atoms with Gasteiger partial charge in [0, 0.05) is 17.5 Å². The number of para-hydroxylation sites is 1. The highest BCUT2D eigenvalue weighted by molar-refractivity contribution is 5.40. The molecule has 1 atom stereocenters. The maximum Gasteiger partial charge on any atom is 0.123 e. The van der Waals surface area contributed by atoms with Gasteiger partial charge in [-0.25, -0.2) is 0 Å². The SMILES string of the molecule is NC1CCC(=CC2CCOc3ccccc32)CC1. The van der Waals surface area contributed by atoms with Crippen molar-refractivity contribution in [3.63, 3.8) is 0 Å². The molecule has 1 aromatic carbocycles. The van der Waals surface area contributed by atoms with Crippen LogP contribution < -0.4 is 10.5 Å². The van der Waals surface area contributed by atoms with Gasteiger partial charge in [-0.2, -0.15) is 0 Å². The van der Waals surface area contributed by atoms with Crippen molar-refractivity contribution in [1.29, 1.82) is 0 Å². The lowest BCUT2D eigenvalue weighted by Crippen LogP contribution is -2.23. The molecule has 1 fully saturated rings. The fourth-order valence-electron chi connectivity index (χ4n) is 3.00. The van der Waals surface area contributed by atoms with Crippen molar-refractivity contribution in [2.24, 2.45) is 5.73 Å². The predicted molar refractivity (Wildman–Crippen MR) is 73.8 cm³/mol. The lowest BCUT2D eigenvalue weighted by Gasteiger charge is -2.26. The fraction of sp³-hybridized carbons (Fsp3) is 0.500. The van der Waals surface area contributed by atoms with Crippen molar-refractivity contribution in [1.82, 2.24) is 0 Å². The minimum Gasteiger partial charge on any atom is -0.493 e. The van der Waals surface area contributed by atoms with Gasteiger partial charge in [0.25, 0.3) is 0 Å². The number of hydrogen-bond acceptors (Lipinski definition) is 2. The quantitative estimate of drug-likeness (QED) is 0.767. The van der Waals surface area contributed by atoms with Gasteiger partial charge in [0.1, 0.15) is 5.75 Å². The third kappa shape index (κ3) is 2.44. The summed E-state index contributed by atoms with van der Waals surface area (Å²) in [6, 6.07) is 8.86. The summed E-state index contributed by atoms with van der Waals surface area (Å²) >= 11 is 0. The van der Waals surface area contributed by atoms with E-state index in [4.69, 9.17) is 10.5 Å². The highest BCUT2D eigenvalue weighted by Crippen LogP contribution is 2.36. The van der Waals surface area contributed by atoms with Crippen molar-refractivity contribution in [3.8, 4) is 5.75 Å². The molecule has 0 bridgehead atoms. The molecule has 3 rings (SSSR count). The molecule has 2 N–H and O–H groups in total. The zero-order valence-electron chi connectivity index (χ0n) is 10.8. The van der Waals surface area contributed by atoms with Crippen LogP contribution in [0, 0.1) is 0 Å². The fourth-order valence-corrected chi connectivity index (χ4v) is 3.00. The largest absolute Gasteiger partial charge is 0.493 e. The van der Waals surface area contributed by atoms with E-state index < -0.39 is 0 Å². The smallest absolute Gasteiger partial charge is 0.123 e. The Morgan fingerprint density at radius 1 is 1.11 bits per heavy atom. The Morgan fingerprint density at radius 3 is 2.72 bits per heavy atom. The van der Waals surface area contributed by atoms with E-state index in [0.29, 0.717) is 12.0 Å². The van der Waals surface area contributed by atoms with Crippen molar-refractivity contribution < 1.29 is 4.74 Å². The van der Waals surface area contributed by atoms with Gasteiger partial charge in [0.05, 0.1) is 6.61 Å². The van der Waals surface area contributed by atoms with Crippen LogP contribution >= 0.6 is 0 Å². The van der Waals surface area contributed by atoms with E-state index in [-0.39, 0.29) is 0 Å². The Kier molecular flexibility index (Phi) is 3.37. The Labute approximate surface area is 109 Å². The number of hydrogen-bond donors (Lipinski definition) is 1. The van der Waals surface area contributed by atoms with E-state index in [9.17, 15) is 0 Å². The van der Waals surface area contributed by atoms with E-state index in [1.807, 2.05) is 6.07 Å². The number of ether oxygens (including phenoxy) is 1. The summed E-state index contributed by atoms with van der Waals surface area (Å²) in [6.07, 6.45) is 8.24. The van der Waals surface area contributed by atoms with Gasteiger partial charge in [-0.3, -0.25) is 0 Å². The molecule has 1 unspecified atom stereocenters. The average Bonchev–Trinajstić information content (AvgIpc) is 2.42. The van der Waals surface area contributed by atoms with Crippen LogP contribution in [-0.2, 0) is 0 Å². The first-order valence-electron chi connectivity index (χ1n) is 7.00. The molecule has 0 amide bonds. The summed E-state index contributed by atoms with van der Waals surface area (Å²) < 4.78 is 5.71. The summed E-state index contributed by atoms with van der Waals surface area (Å²) in [4.78, 5) is 0. The van der Waals surface area contributed by atoms with Crippen molar-refractivity contribution in [2.45, 2.75) is 44.1 Å². The van der Waals surface area contributed by atoms with Gasteiger partial charge in [0.2, 0.25) is 0 Å². The Morgan fingerprint density at radius 2 is 1.89 bits per heavy atom. The highest BCUT2D eigenvalue weighted by Gasteiger charge is 2.21. The van der Waals surface area contributed by atoms with Crippen LogP contribution in [0.2, 0.25) is 0 Å². The van der Waals surface area contributed by atoms with Crippen LogP contribution in [0.5, 0.6) is 5.75 Å². The monoisotopic (exact) mass is 243 g/mol. The molecule has 0 spiro atoms. The first-order chi connectivity index (χ1) is 8.83. The molecule has 0 aromatic heterocycles. The van der Waals surface area contributed by atoms with Crippen LogP contribution in [0.1, 0.15) is 43.6 Å². The third-order valence-corrected chi connectivity index (χ3v) is 4.11. The van der Waals surface area contributed by atoms with Crippen LogP contribution in [0.4, 0.5) is 0 Å². The standard InChI is InChI=1S/C16H21NO/c17-14-7-5-12(6-8-14)11-13-9-10-18-16-4-2-1-3-15(13)16/h1-4,11,13-14H,5-10,17H2. The summed E-state index contributed by atoms with van der Waals surface area (Å²) in [7, 11) is 0. The van der Waals surface area contributed by atoms with Crippen molar-refractivity contribution in [2.75, 3.05) is 6.61 Å². The topological polar surface area (TPSA) is 35.2 Å². The molecule has 96 valence electrons. The van der Waals surface area contributed by atoms with Gasteiger partial charge in [-0.15, -0.1) is 0 Å². The summed E-state index contributed by atoms with van der Waals surface area (Å²) in [5.74, 6) is 1.61. The maximum absolute atomic E-state index is 5.96. The van der Waals surface area contributed by atoms with Gasteiger partial charge < -0.3 is 10.5 Å². The predicted octanol–water partition coefficient (Wildman–Crippen LogP) is 3.38. The van der Waals surface area contributed by atoms with E-state index in [1.54, 1.807) is 5.57 Å². The van der Waals surface area contributed by atoms with Crippen molar-refractivity contribution >= 4 is 0 Å². The Balaban J connectivity index is 1.80. The molecule has 0 saturated heterocycles. The molecule has 1 aromatic rings. The number of nitrogens with two attached hydrogens (primary N) is 1. The molecule has 2 nitrogen and oxygen atoms in total. The van der Waals surface area contributed by atoms with E-state index in [2.05, 4.69) is 24.3 Å². The van der Waals surface area contributed by atoms with Crippen LogP contribution in [-0.4, -0.2) is 12.6 Å². The highest BCUT2D eigenvalue weighted by atomic mass is 16.5. The lowest BCUT2D eigenvalue weighted by atomic mass is 9.85. The normalized spacial score (nSPS) is 27.3. The van der Waals surface area contributed by atoms with Crippen molar-refractivity contribution in [3.05, 3.63) is 41.5 Å². The minimum absolute atomic E-state index is 0.420.